The van der Waals surface area contributed by atoms with Gasteiger partial charge < -0.3 is 4.52 Å². The highest BCUT2D eigenvalue weighted by Gasteiger charge is 2.15. The zero-order valence-electron chi connectivity index (χ0n) is 8.25. The Hall–Kier alpha value is -1.60. The van der Waals surface area contributed by atoms with Crippen LogP contribution < -0.4 is 0 Å². The summed E-state index contributed by atoms with van der Waals surface area (Å²) in [5, 5.41) is 11.8. The van der Waals surface area contributed by atoms with Crippen LogP contribution in [0, 0.1) is 6.92 Å². The van der Waals surface area contributed by atoms with Crippen LogP contribution >= 0.6 is 22.9 Å². The van der Waals surface area contributed by atoms with Crippen molar-refractivity contribution in [3.63, 3.8) is 0 Å². The van der Waals surface area contributed by atoms with Crippen molar-refractivity contribution in [2.75, 3.05) is 0 Å². The molecule has 0 radical (unpaired) electrons. The number of aryl methyl sites for hydroxylation is 1. The molecule has 0 aliphatic carbocycles. The van der Waals surface area contributed by atoms with Crippen molar-refractivity contribution in [2.45, 2.75) is 6.92 Å². The molecular formula is C9H6N4OS2. The fraction of sp³-hybridized carbons (Fsp3) is 0.111. The molecule has 3 aromatic rings. The highest BCUT2D eigenvalue weighted by Crippen LogP contribution is 2.26. The van der Waals surface area contributed by atoms with E-state index in [1.54, 1.807) is 11.3 Å². The Morgan fingerprint density at radius 2 is 2.31 bits per heavy atom. The lowest BCUT2D eigenvalue weighted by Crippen LogP contribution is -1.78. The van der Waals surface area contributed by atoms with E-state index in [0.29, 0.717) is 11.7 Å². The van der Waals surface area contributed by atoms with Gasteiger partial charge in [0.1, 0.15) is 4.88 Å². The first kappa shape index (κ1) is 9.61. The highest BCUT2D eigenvalue weighted by atomic mass is 32.1. The smallest absolute Gasteiger partial charge is 0.271 e. The van der Waals surface area contributed by atoms with Crippen molar-refractivity contribution < 1.29 is 4.52 Å². The van der Waals surface area contributed by atoms with Crippen molar-refractivity contribution in [3.8, 4) is 22.2 Å². The topological polar surface area (TPSA) is 64.7 Å². The minimum absolute atomic E-state index is 0.480. The van der Waals surface area contributed by atoms with Crippen LogP contribution in [0.1, 0.15) is 5.69 Å². The molecule has 0 unspecified atom stereocenters. The highest BCUT2D eigenvalue weighted by molar-refractivity contribution is 7.09. The maximum absolute atomic E-state index is 5.19. The molecule has 0 spiro atoms. The second kappa shape index (κ2) is 3.76. The fourth-order valence-corrected chi connectivity index (χ4v) is 2.47. The van der Waals surface area contributed by atoms with Gasteiger partial charge in [0.2, 0.25) is 5.82 Å². The van der Waals surface area contributed by atoms with E-state index in [9.17, 15) is 0 Å². The molecule has 0 aliphatic rings. The van der Waals surface area contributed by atoms with E-state index in [1.807, 2.05) is 23.8 Å². The Labute approximate surface area is 98.9 Å². The lowest BCUT2D eigenvalue weighted by atomic mass is 10.3. The van der Waals surface area contributed by atoms with Crippen molar-refractivity contribution in [2.24, 2.45) is 0 Å². The lowest BCUT2D eigenvalue weighted by molar-refractivity contribution is 0.433. The predicted octanol–water partition coefficient (Wildman–Crippen LogP) is 2.63. The summed E-state index contributed by atoms with van der Waals surface area (Å²) in [6, 6.07) is 1.96. The third-order valence-corrected chi connectivity index (χ3v) is 3.55. The summed E-state index contributed by atoms with van der Waals surface area (Å²) < 4.78 is 9.02. The maximum atomic E-state index is 5.19. The molecule has 0 atom stereocenters. The van der Waals surface area contributed by atoms with Crippen LogP contribution in [-0.4, -0.2) is 19.7 Å². The summed E-state index contributed by atoms with van der Waals surface area (Å²) in [5.74, 6) is 1.08. The molecular weight excluding hydrogens is 244 g/mol. The number of aromatic nitrogens is 4. The van der Waals surface area contributed by atoms with Crippen molar-refractivity contribution in [1.29, 1.82) is 0 Å². The molecule has 0 fully saturated rings. The Morgan fingerprint density at radius 1 is 1.38 bits per heavy atom. The summed E-state index contributed by atoms with van der Waals surface area (Å²) in [6.45, 7) is 1.87. The SMILES string of the molecule is Cc1nnsc1-c1nc(-c2ccsc2)no1. The molecule has 3 heterocycles. The lowest BCUT2D eigenvalue weighted by Gasteiger charge is -1.85. The van der Waals surface area contributed by atoms with Gasteiger partial charge in [-0.15, -0.1) is 5.10 Å². The summed E-state index contributed by atoms with van der Waals surface area (Å²) in [4.78, 5) is 5.14. The van der Waals surface area contributed by atoms with Gasteiger partial charge >= 0.3 is 0 Å². The van der Waals surface area contributed by atoms with Gasteiger partial charge in [-0.25, -0.2) is 0 Å². The molecule has 3 aromatic heterocycles. The fourth-order valence-electron chi connectivity index (χ4n) is 1.25. The van der Waals surface area contributed by atoms with Gasteiger partial charge in [0, 0.05) is 10.9 Å². The quantitative estimate of drug-likeness (QED) is 0.699. The predicted molar refractivity (Wildman–Crippen MR) is 61.3 cm³/mol. The molecule has 0 amide bonds. The van der Waals surface area contributed by atoms with Crippen LogP contribution in [0.15, 0.2) is 21.3 Å². The Kier molecular flexibility index (Phi) is 2.26. The second-order valence-electron chi connectivity index (χ2n) is 3.12. The molecule has 16 heavy (non-hydrogen) atoms. The Morgan fingerprint density at radius 3 is 3.00 bits per heavy atom. The van der Waals surface area contributed by atoms with Crippen LogP contribution in [0.3, 0.4) is 0 Å². The molecule has 0 saturated heterocycles. The average Bonchev–Trinajstić information content (AvgIpc) is 2.96. The number of hydrogen-bond donors (Lipinski definition) is 0. The summed E-state index contributed by atoms with van der Waals surface area (Å²) in [5.41, 5.74) is 1.78. The normalized spacial score (nSPS) is 10.8. The number of thiophene rings is 1. The summed E-state index contributed by atoms with van der Waals surface area (Å²) >= 11 is 2.86. The average molecular weight is 250 g/mol. The molecule has 3 rings (SSSR count). The number of hydrogen-bond acceptors (Lipinski definition) is 7. The van der Waals surface area contributed by atoms with Gasteiger partial charge in [-0.1, -0.05) is 9.64 Å². The first-order chi connectivity index (χ1) is 7.84. The zero-order valence-corrected chi connectivity index (χ0v) is 9.88. The maximum Gasteiger partial charge on any atom is 0.271 e. The molecule has 5 nitrogen and oxygen atoms in total. The minimum atomic E-state index is 0.480. The third kappa shape index (κ3) is 1.54. The molecule has 0 aromatic carbocycles. The van der Waals surface area contributed by atoms with Crippen LogP contribution in [0.2, 0.25) is 0 Å². The minimum Gasteiger partial charge on any atom is -0.333 e. The number of nitrogens with zero attached hydrogens (tertiary/aromatic N) is 4. The Bertz CT molecular complexity index is 599. The monoisotopic (exact) mass is 250 g/mol. The third-order valence-electron chi connectivity index (χ3n) is 2.05. The van der Waals surface area contributed by atoms with E-state index in [0.717, 1.165) is 16.1 Å². The van der Waals surface area contributed by atoms with E-state index in [2.05, 4.69) is 19.7 Å². The molecule has 0 saturated carbocycles. The van der Waals surface area contributed by atoms with E-state index in [1.165, 1.54) is 11.5 Å². The van der Waals surface area contributed by atoms with E-state index in [-0.39, 0.29) is 0 Å². The zero-order chi connectivity index (χ0) is 11.0. The van der Waals surface area contributed by atoms with Crippen LogP contribution in [0.25, 0.3) is 22.2 Å². The van der Waals surface area contributed by atoms with Gasteiger partial charge in [-0.05, 0) is 29.9 Å². The largest absolute Gasteiger partial charge is 0.333 e. The van der Waals surface area contributed by atoms with Gasteiger partial charge in [-0.2, -0.15) is 16.3 Å². The van der Waals surface area contributed by atoms with Crippen molar-refractivity contribution in [3.05, 3.63) is 22.5 Å². The first-order valence-corrected chi connectivity index (χ1v) is 6.22. The van der Waals surface area contributed by atoms with Crippen LogP contribution in [-0.2, 0) is 0 Å². The second-order valence-corrected chi connectivity index (χ2v) is 4.66. The van der Waals surface area contributed by atoms with Gasteiger partial charge in [0.05, 0.1) is 5.69 Å². The van der Waals surface area contributed by atoms with Gasteiger partial charge in [0.15, 0.2) is 0 Å². The standard InChI is InChI=1S/C9H6N4OS2/c1-5-7(16-13-11-5)9-10-8(12-14-9)6-2-3-15-4-6/h2-4H,1H3. The van der Waals surface area contributed by atoms with E-state index < -0.39 is 0 Å². The van der Waals surface area contributed by atoms with Gasteiger partial charge in [0.25, 0.3) is 5.89 Å². The van der Waals surface area contributed by atoms with Gasteiger partial charge in [-0.3, -0.25) is 0 Å². The first-order valence-electron chi connectivity index (χ1n) is 4.50. The van der Waals surface area contributed by atoms with Crippen LogP contribution in [0.5, 0.6) is 0 Å². The molecule has 0 N–H and O–H groups in total. The van der Waals surface area contributed by atoms with E-state index in [4.69, 9.17) is 4.52 Å². The molecule has 80 valence electrons. The summed E-state index contributed by atoms with van der Waals surface area (Å²) in [7, 11) is 0. The number of rotatable bonds is 2. The molecule has 7 heteroatoms. The van der Waals surface area contributed by atoms with E-state index >= 15 is 0 Å². The molecule has 0 aliphatic heterocycles. The Balaban J connectivity index is 2.03. The molecule has 0 bridgehead atoms. The summed E-state index contributed by atoms with van der Waals surface area (Å²) in [6.07, 6.45) is 0. The van der Waals surface area contributed by atoms with Crippen molar-refractivity contribution in [1.82, 2.24) is 19.7 Å². The van der Waals surface area contributed by atoms with Crippen LogP contribution in [0.4, 0.5) is 0 Å². The van der Waals surface area contributed by atoms with Crippen molar-refractivity contribution >= 4 is 22.9 Å².